The highest BCUT2D eigenvalue weighted by atomic mass is 16.2. The number of hydrogen-bond donors (Lipinski definition) is 1. The van der Waals surface area contributed by atoms with Gasteiger partial charge in [0.1, 0.15) is 0 Å². The van der Waals surface area contributed by atoms with E-state index in [4.69, 9.17) is 5.73 Å². The van der Waals surface area contributed by atoms with Crippen LogP contribution in [0.4, 0.5) is 0 Å². The zero-order valence-electron chi connectivity index (χ0n) is 21.4. The van der Waals surface area contributed by atoms with Gasteiger partial charge in [-0.1, -0.05) is 84.0 Å². The number of hydrogen-bond acceptors (Lipinski definition) is 3. The van der Waals surface area contributed by atoms with Crippen LogP contribution in [-0.4, -0.2) is 42.4 Å². The number of nitrogens with two attached hydrogens (primary N) is 1. The molecule has 1 unspecified atom stereocenters. The Morgan fingerprint density at radius 2 is 1.69 bits per heavy atom. The van der Waals surface area contributed by atoms with E-state index in [1.807, 2.05) is 26.0 Å². The Hall–Kier alpha value is -2.17. The van der Waals surface area contributed by atoms with Gasteiger partial charge in [0.05, 0.1) is 6.54 Å². The highest BCUT2D eigenvalue weighted by Crippen LogP contribution is 2.23. The SMILES string of the molecule is CC.CC(C)C.CC1CCN(Cc2ccc(-c3cccc(CN(C)C(=O)CN)c3)cc2)C1. The van der Waals surface area contributed by atoms with E-state index in [1.165, 1.54) is 36.2 Å². The number of carbonyl (C=O) groups is 1. The van der Waals surface area contributed by atoms with E-state index in [0.717, 1.165) is 23.9 Å². The van der Waals surface area contributed by atoms with Gasteiger partial charge >= 0.3 is 0 Å². The van der Waals surface area contributed by atoms with Crippen LogP contribution in [0, 0.1) is 11.8 Å². The number of likely N-dealkylation sites (N-methyl/N-ethyl adjacent to an activating group) is 1. The Morgan fingerprint density at radius 3 is 2.22 bits per heavy atom. The quantitative estimate of drug-likeness (QED) is 0.619. The minimum Gasteiger partial charge on any atom is -0.340 e. The third-order valence-corrected chi connectivity index (χ3v) is 5.15. The van der Waals surface area contributed by atoms with Crippen LogP contribution in [0.3, 0.4) is 0 Å². The first-order valence-electron chi connectivity index (χ1n) is 12.1. The Kier molecular flexibility index (Phi) is 12.9. The van der Waals surface area contributed by atoms with Gasteiger partial charge in [-0.3, -0.25) is 9.69 Å². The fraction of sp³-hybridized carbons (Fsp3) is 0.536. The van der Waals surface area contributed by atoms with Gasteiger partial charge in [0, 0.05) is 26.7 Å². The van der Waals surface area contributed by atoms with Crippen molar-refractivity contribution in [3.8, 4) is 11.1 Å². The molecule has 178 valence electrons. The molecule has 1 saturated heterocycles. The molecule has 1 atom stereocenters. The average Bonchev–Trinajstić information content (AvgIpc) is 3.19. The maximum absolute atomic E-state index is 11.7. The van der Waals surface area contributed by atoms with Crippen LogP contribution in [-0.2, 0) is 17.9 Å². The summed E-state index contributed by atoms with van der Waals surface area (Å²) in [4.78, 5) is 15.9. The third-order valence-electron chi connectivity index (χ3n) is 5.15. The van der Waals surface area contributed by atoms with Gasteiger partial charge in [-0.2, -0.15) is 0 Å². The standard InChI is InChI=1S/C22H29N3O.C4H10.C2H6/c1-17-10-11-25(14-17)16-18-6-8-20(9-7-18)21-5-3-4-19(12-21)15-24(2)22(26)13-23;1-4(2)3;1-2/h3-9,12,17H,10-11,13-16,23H2,1-2H3;4H,1-3H3;1-2H3. The van der Waals surface area contributed by atoms with Crippen LogP contribution in [0.25, 0.3) is 11.1 Å². The van der Waals surface area contributed by atoms with E-state index in [-0.39, 0.29) is 12.5 Å². The smallest absolute Gasteiger partial charge is 0.236 e. The molecule has 1 heterocycles. The van der Waals surface area contributed by atoms with E-state index in [0.29, 0.717) is 6.54 Å². The molecule has 4 heteroatoms. The zero-order valence-corrected chi connectivity index (χ0v) is 21.4. The molecule has 0 spiro atoms. The fourth-order valence-electron chi connectivity index (χ4n) is 3.60. The highest BCUT2D eigenvalue weighted by Gasteiger charge is 2.18. The predicted octanol–water partition coefficient (Wildman–Crippen LogP) is 5.80. The summed E-state index contributed by atoms with van der Waals surface area (Å²) in [6, 6.07) is 17.2. The molecular weight excluding hydrogens is 394 g/mol. The van der Waals surface area contributed by atoms with Crippen LogP contribution in [0.15, 0.2) is 48.5 Å². The Labute approximate surface area is 196 Å². The van der Waals surface area contributed by atoms with E-state index < -0.39 is 0 Å². The van der Waals surface area contributed by atoms with Crippen molar-refractivity contribution in [3.05, 3.63) is 59.7 Å². The number of carbonyl (C=O) groups excluding carboxylic acids is 1. The summed E-state index contributed by atoms with van der Waals surface area (Å²) in [6.45, 7) is 16.9. The van der Waals surface area contributed by atoms with Gasteiger partial charge in [-0.25, -0.2) is 0 Å². The molecule has 4 nitrogen and oxygen atoms in total. The van der Waals surface area contributed by atoms with Gasteiger partial charge < -0.3 is 10.6 Å². The predicted molar refractivity (Wildman–Crippen MR) is 138 cm³/mol. The molecule has 1 aliphatic rings. The first-order valence-corrected chi connectivity index (χ1v) is 12.1. The largest absolute Gasteiger partial charge is 0.340 e. The fourth-order valence-corrected chi connectivity index (χ4v) is 3.60. The molecule has 1 amide bonds. The second kappa shape index (κ2) is 14.8. The van der Waals surface area contributed by atoms with E-state index in [1.54, 1.807) is 11.9 Å². The van der Waals surface area contributed by atoms with Crippen molar-refractivity contribution in [1.29, 1.82) is 0 Å². The second-order valence-electron chi connectivity index (χ2n) is 9.21. The average molecular weight is 440 g/mol. The highest BCUT2D eigenvalue weighted by molar-refractivity contribution is 5.77. The van der Waals surface area contributed by atoms with Gasteiger partial charge in [0.2, 0.25) is 5.91 Å². The summed E-state index contributed by atoms with van der Waals surface area (Å²) >= 11 is 0. The molecule has 2 aromatic carbocycles. The minimum absolute atomic E-state index is 0.0454. The zero-order chi connectivity index (χ0) is 24.1. The second-order valence-corrected chi connectivity index (χ2v) is 9.21. The number of nitrogens with zero attached hydrogens (tertiary/aromatic N) is 2. The van der Waals surface area contributed by atoms with Crippen molar-refractivity contribution in [1.82, 2.24) is 9.80 Å². The summed E-state index contributed by atoms with van der Waals surface area (Å²) in [5.41, 5.74) is 10.3. The van der Waals surface area contributed by atoms with Crippen LogP contribution in [0.1, 0.15) is 59.1 Å². The first kappa shape index (κ1) is 27.9. The summed E-state index contributed by atoms with van der Waals surface area (Å²) in [6.07, 6.45) is 1.31. The lowest BCUT2D eigenvalue weighted by Crippen LogP contribution is -2.32. The Balaban J connectivity index is 0.000000769. The summed E-state index contributed by atoms with van der Waals surface area (Å²) in [7, 11) is 1.79. The molecule has 0 saturated carbocycles. The summed E-state index contributed by atoms with van der Waals surface area (Å²) in [5.74, 6) is 1.61. The Morgan fingerprint density at radius 1 is 1.06 bits per heavy atom. The number of rotatable bonds is 6. The topological polar surface area (TPSA) is 49.6 Å². The molecule has 0 radical (unpaired) electrons. The lowest BCUT2D eigenvalue weighted by molar-refractivity contribution is -0.128. The van der Waals surface area contributed by atoms with Gasteiger partial charge in [-0.05, 0) is 53.1 Å². The third kappa shape index (κ3) is 9.97. The molecule has 1 fully saturated rings. The first-order chi connectivity index (χ1) is 15.3. The van der Waals surface area contributed by atoms with E-state index in [9.17, 15) is 4.79 Å². The van der Waals surface area contributed by atoms with Crippen molar-refractivity contribution in [2.24, 2.45) is 17.6 Å². The van der Waals surface area contributed by atoms with E-state index in [2.05, 4.69) is 69.0 Å². The molecular formula is C28H45N3O. The number of amides is 1. The van der Waals surface area contributed by atoms with Crippen molar-refractivity contribution >= 4 is 5.91 Å². The Bertz CT molecular complexity index is 783. The van der Waals surface area contributed by atoms with Crippen molar-refractivity contribution in [2.45, 2.75) is 61.1 Å². The number of benzene rings is 2. The lowest BCUT2D eigenvalue weighted by atomic mass is 10.0. The molecule has 32 heavy (non-hydrogen) atoms. The van der Waals surface area contributed by atoms with Crippen LogP contribution in [0.2, 0.25) is 0 Å². The molecule has 0 aromatic heterocycles. The molecule has 2 N–H and O–H groups in total. The van der Waals surface area contributed by atoms with Crippen LogP contribution < -0.4 is 5.73 Å². The minimum atomic E-state index is -0.0454. The molecule has 2 aromatic rings. The summed E-state index contributed by atoms with van der Waals surface area (Å²) < 4.78 is 0. The monoisotopic (exact) mass is 439 g/mol. The molecule has 1 aliphatic heterocycles. The van der Waals surface area contributed by atoms with E-state index >= 15 is 0 Å². The maximum atomic E-state index is 11.7. The molecule has 3 rings (SSSR count). The van der Waals surface area contributed by atoms with Gasteiger partial charge in [0.15, 0.2) is 0 Å². The normalized spacial score (nSPS) is 15.5. The lowest BCUT2D eigenvalue weighted by Gasteiger charge is -2.17. The van der Waals surface area contributed by atoms with Crippen LogP contribution >= 0.6 is 0 Å². The maximum Gasteiger partial charge on any atom is 0.236 e. The van der Waals surface area contributed by atoms with Crippen molar-refractivity contribution in [2.75, 3.05) is 26.7 Å². The summed E-state index contributed by atoms with van der Waals surface area (Å²) in [5, 5.41) is 0. The number of likely N-dealkylation sites (tertiary alicyclic amines) is 1. The van der Waals surface area contributed by atoms with Gasteiger partial charge in [-0.15, -0.1) is 0 Å². The van der Waals surface area contributed by atoms with Crippen LogP contribution in [0.5, 0.6) is 0 Å². The molecule has 0 aliphatic carbocycles. The molecule has 0 bridgehead atoms. The van der Waals surface area contributed by atoms with Gasteiger partial charge in [0.25, 0.3) is 0 Å². The van der Waals surface area contributed by atoms with Crippen molar-refractivity contribution in [3.63, 3.8) is 0 Å². The van der Waals surface area contributed by atoms with Crippen molar-refractivity contribution < 1.29 is 4.79 Å².